The van der Waals surface area contributed by atoms with Crippen LogP contribution in [0.2, 0.25) is 0 Å². The number of rotatable bonds is 6. The Balaban J connectivity index is 0.00000116. The van der Waals surface area contributed by atoms with E-state index in [1.54, 1.807) is 18.4 Å². The van der Waals surface area contributed by atoms with Gasteiger partial charge in [-0.05, 0) is 30.3 Å². The van der Waals surface area contributed by atoms with Gasteiger partial charge in [-0.15, -0.1) is 23.1 Å². The molecule has 0 saturated carbocycles. The largest absolute Gasteiger partial charge is 0.484 e. The number of thiophene rings is 1. The normalized spacial score (nSPS) is 10.6. The molecule has 0 unspecified atom stereocenters. The lowest BCUT2D eigenvalue weighted by Crippen LogP contribution is -2.02. The van der Waals surface area contributed by atoms with Gasteiger partial charge in [-0.25, -0.2) is 4.99 Å². The van der Waals surface area contributed by atoms with Crippen molar-refractivity contribution in [3.8, 4) is 0 Å². The molecule has 0 fully saturated rings. The molecule has 0 spiro atoms. The highest BCUT2D eigenvalue weighted by Crippen LogP contribution is 2.28. The van der Waals surface area contributed by atoms with E-state index in [-0.39, 0.29) is 0 Å². The summed E-state index contributed by atoms with van der Waals surface area (Å²) in [6, 6.07) is 11.8. The quantitative estimate of drug-likeness (QED) is 0.371. The predicted molar refractivity (Wildman–Crippen MR) is 101 cm³/mol. The average Bonchev–Trinajstić information content (AvgIpc) is 3.09. The Morgan fingerprint density at radius 2 is 1.91 bits per heavy atom. The molecule has 0 atom stereocenters. The first-order valence-corrected chi connectivity index (χ1v) is 9.03. The van der Waals surface area contributed by atoms with Gasteiger partial charge in [-0.1, -0.05) is 32.0 Å². The number of aliphatic imine (C=N–C) groups is 2. The number of para-hydroxylation sites is 2. The van der Waals surface area contributed by atoms with Crippen molar-refractivity contribution in [3.63, 3.8) is 0 Å². The maximum atomic E-state index is 5.35. The molecule has 2 aromatic rings. The van der Waals surface area contributed by atoms with Crippen LogP contribution in [-0.4, -0.2) is 25.5 Å². The molecule has 0 bridgehead atoms. The van der Waals surface area contributed by atoms with Crippen LogP contribution in [0.5, 0.6) is 0 Å². The number of hydrogen-bond donors (Lipinski definition) is 0. The monoisotopic (exact) mass is 334 g/mol. The fourth-order valence-electron chi connectivity index (χ4n) is 1.61. The Kier molecular flexibility index (Phi) is 9.26. The minimum Gasteiger partial charge on any atom is -0.484 e. The first kappa shape index (κ1) is 18.5. The fraction of sp³-hybridized carbons (Fsp3) is 0.294. The molecular formula is C17H22N2OS2. The number of methoxy groups -OCH3 is 1. The lowest BCUT2D eigenvalue weighted by atomic mass is 10.3. The van der Waals surface area contributed by atoms with Crippen molar-refractivity contribution in [3.05, 3.63) is 41.8 Å². The third kappa shape index (κ3) is 6.03. The topological polar surface area (TPSA) is 34.0 Å². The molecule has 0 N–H and O–H groups in total. The van der Waals surface area contributed by atoms with Gasteiger partial charge in [0.2, 0.25) is 0 Å². The van der Waals surface area contributed by atoms with Gasteiger partial charge in [0.1, 0.15) is 0 Å². The van der Waals surface area contributed by atoms with Crippen LogP contribution >= 0.6 is 23.1 Å². The van der Waals surface area contributed by atoms with Crippen LogP contribution in [0.3, 0.4) is 0 Å². The van der Waals surface area contributed by atoms with Crippen LogP contribution in [0.1, 0.15) is 20.3 Å². The Morgan fingerprint density at radius 1 is 1.18 bits per heavy atom. The van der Waals surface area contributed by atoms with Crippen molar-refractivity contribution < 1.29 is 4.74 Å². The summed E-state index contributed by atoms with van der Waals surface area (Å²) in [5.74, 6) is 1.65. The van der Waals surface area contributed by atoms with E-state index in [9.17, 15) is 0 Å². The summed E-state index contributed by atoms with van der Waals surface area (Å²) in [5.41, 5.74) is 1.56. The molecule has 0 aliphatic rings. The fourth-order valence-corrected chi connectivity index (χ4v) is 3.40. The smallest absolute Gasteiger partial charge is 0.189 e. The second kappa shape index (κ2) is 11.0. The molecule has 1 aromatic carbocycles. The molecule has 1 heterocycles. The molecule has 5 heteroatoms. The molecule has 118 valence electrons. The third-order valence-corrected chi connectivity index (χ3v) is 4.72. The molecule has 0 radical (unpaired) electrons. The lowest BCUT2D eigenvalue weighted by Gasteiger charge is -2.06. The van der Waals surface area contributed by atoms with Crippen molar-refractivity contribution in [1.29, 1.82) is 0 Å². The maximum absolute atomic E-state index is 5.35. The van der Waals surface area contributed by atoms with E-state index < -0.39 is 0 Å². The number of hydrogen-bond acceptors (Lipinski definition) is 5. The van der Waals surface area contributed by atoms with Crippen molar-refractivity contribution >= 4 is 47.1 Å². The zero-order valence-corrected chi connectivity index (χ0v) is 14.9. The number of benzene rings is 1. The maximum Gasteiger partial charge on any atom is 0.189 e. The van der Waals surface area contributed by atoms with Crippen molar-refractivity contribution in [2.45, 2.75) is 24.5 Å². The minimum atomic E-state index is 0.713. The minimum absolute atomic E-state index is 0.713. The third-order valence-electron chi connectivity index (χ3n) is 2.59. The van der Waals surface area contributed by atoms with Gasteiger partial charge in [0, 0.05) is 12.2 Å². The first-order chi connectivity index (χ1) is 10.8. The zero-order chi connectivity index (χ0) is 16.2. The second-order valence-corrected chi connectivity index (χ2v) is 6.23. The molecular weight excluding hydrogens is 312 g/mol. The standard InChI is InChI=1S/C15H16N2OS2.C2H6/c1-16-12-6-3-4-7-13(12)17-14(18-2)9-11-20-15-8-5-10-19-15;1-2/h3-8,10H,1,9,11H2,2H3;1-2H3. The van der Waals surface area contributed by atoms with Crippen LogP contribution in [0.25, 0.3) is 0 Å². The van der Waals surface area contributed by atoms with Gasteiger partial charge in [-0.2, -0.15) is 0 Å². The van der Waals surface area contributed by atoms with Gasteiger partial charge < -0.3 is 4.74 Å². The molecule has 1 aromatic heterocycles. The Morgan fingerprint density at radius 3 is 2.50 bits per heavy atom. The summed E-state index contributed by atoms with van der Waals surface area (Å²) in [5, 5.41) is 2.08. The zero-order valence-electron chi connectivity index (χ0n) is 13.3. The van der Waals surface area contributed by atoms with Gasteiger partial charge in [0.25, 0.3) is 0 Å². The molecule has 0 aliphatic heterocycles. The van der Waals surface area contributed by atoms with Crippen LogP contribution in [-0.2, 0) is 4.74 Å². The number of ether oxygens (including phenoxy) is 1. The van der Waals surface area contributed by atoms with E-state index in [0.717, 1.165) is 23.5 Å². The summed E-state index contributed by atoms with van der Waals surface area (Å²) in [6.45, 7) is 7.56. The van der Waals surface area contributed by atoms with Crippen molar-refractivity contribution in [2.24, 2.45) is 9.98 Å². The number of nitrogens with zero attached hydrogens (tertiary/aromatic N) is 2. The van der Waals surface area contributed by atoms with Crippen LogP contribution < -0.4 is 0 Å². The highest BCUT2D eigenvalue weighted by atomic mass is 32.2. The summed E-state index contributed by atoms with van der Waals surface area (Å²) >= 11 is 3.56. The summed E-state index contributed by atoms with van der Waals surface area (Å²) in [7, 11) is 1.65. The molecule has 0 amide bonds. The van der Waals surface area contributed by atoms with Crippen molar-refractivity contribution in [2.75, 3.05) is 12.9 Å². The van der Waals surface area contributed by atoms with E-state index >= 15 is 0 Å². The Labute approximate surface area is 141 Å². The van der Waals surface area contributed by atoms with Gasteiger partial charge in [0.15, 0.2) is 5.90 Å². The highest BCUT2D eigenvalue weighted by Gasteiger charge is 2.04. The Hall–Kier alpha value is -1.59. The summed E-state index contributed by atoms with van der Waals surface area (Å²) in [6.07, 6.45) is 0.782. The summed E-state index contributed by atoms with van der Waals surface area (Å²) in [4.78, 5) is 8.48. The van der Waals surface area contributed by atoms with Gasteiger partial charge in [-0.3, -0.25) is 4.99 Å². The average molecular weight is 335 g/mol. The molecule has 0 saturated heterocycles. The van der Waals surface area contributed by atoms with E-state index in [2.05, 4.69) is 34.2 Å². The SMILES string of the molecule is C=Nc1ccccc1N=C(CCSc1cccs1)OC.CC. The van der Waals surface area contributed by atoms with E-state index in [1.807, 2.05) is 49.9 Å². The molecule has 22 heavy (non-hydrogen) atoms. The van der Waals surface area contributed by atoms with E-state index in [4.69, 9.17) is 4.74 Å². The van der Waals surface area contributed by atoms with Crippen LogP contribution in [0.15, 0.2) is 56.0 Å². The van der Waals surface area contributed by atoms with Gasteiger partial charge >= 0.3 is 0 Å². The van der Waals surface area contributed by atoms with Gasteiger partial charge in [0.05, 0.1) is 22.7 Å². The van der Waals surface area contributed by atoms with E-state index in [1.165, 1.54) is 4.21 Å². The van der Waals surface area contributed by atoms with Crippen molar-refractivity contribution in [1.82, 2.24) is 0 Å². The lowest BCUT2D eigenvalue weighted by molar-refractivity contribution is 0.393. The first-order valence-electron chi connectivity index (χ1n) is 7.17. The van der Waals surface area contributed by atoms with Crippen LogP contribution in [0.4, 0.5) is 11.4 Å². The molecule has 3 nitrogen and oxygen atoms in total. The molecule has 0 aliphatic carbocycles. The van der Waals surface area contributed by atoms with Crippen LogP contribution in [0, 0.1) is 0 Å². The number of thioether (sulfide) groups is 1. The Bertz CT molecular complexity index is 580. The summed E-state index contributed by atoms with van der Waals surface area (Å²) < 4.78 is 6.66. The molecule has 2 rings (SSSR count). The highest BCUT2D eigenvalue weighted by molar-refractivity contribution is 8.01. The van der Waals surface area contributed by atoms with E-state index in [0.29, 0.717) is 5.90 Å². The second-order valence-electron chi connectivity index (χ2n) is 3.89. The predicted octanol–water partition coefficient (Wildman–Crippen LogP) is 5.97.